The fraction of sp³-hybridized carbons (Fsp3) is 0.0213. The van der Waals surface area contributed by atoms with Crippen LogP contribution in [0, 0.1) is 0 Å². The number of hydrogen-bond donors (Lipinski definition) is 0. The van der Waals surface area contributed by atoms with Gasteiger partial charge in [-0.3, -0.25) is 4.57 Å². The van der Waals surface area contributed by atoms with Crippen molar-refractivity contribution < 1.29 is 0 Å². The Hall–Kier alpha value is -6.98. The van der Waals surface area contributed by atoms with Crippen molar-refractivity contribution in [1.82, 2.24) is 24.5 Å². The standard InChI is InChI=1S/C47H29N5/c1-3-15-30(16-4-1)43-49-44(31-17-5-2-6-18-31)51-45(50-43)33-20-13-19-32(29-33)34-23-14-27-40-42(34)52-41-28-12-11-26-39(41)47(46(52)48-40)37-24-9-7-21-35(37)36-22-8-10-25-38(36)47/h1-29H. The van der Waals surface area contributed by atoms with E-state index in [2.05, 4.69) is 120 Å². The summed E-state index contributed by atoms with van der Waals surface area (Å²) in [6.45, 7) is 0. The molecule has 0 bridgehead atoms. The van der Waals surface area contributed by atoms with Crippen LogP contribution < -0.4 is 0 Å². The highest BCUT2D eigenvalue weighted by Gasteiger charge is 2.54. The Labute approximate surface area is 300 Å². The quantitative estimate of drug-likeness (QED) is 0.188. The average Bonchev–Trinajstić information content (AvgIpc) is 3.85. The third-order valence-electron chi connectivity index (χ3n) is 10.6. The number of rotatable bonds is 4. The zero-order valence-corrected chi connectivity index (χ0v) is 28.0. The van der Waals surface area contributed by atoms with Crippen LogP contribution in [0.2, 0.25) is 0 Å². The number of imidazole rings is 1. The van der Waals surface area contributed by atoms with Crippen LogP contribution in [0.5, 0.6) is 0 Å². The lowest BCUT2D eigenvalue weighted by atomic mass is 9.73. The molecule has 3 heterocycles. The van der Waals surface area contributed by atoms with Crippen molar-refractivity contribution in [1.29, 1.82) is 0 Å². The predicted octanol–water partition coefficient (Wildman–Crippen LogP) is 10.6. The first-order chi connectivity index (χ1) is 25.8. The largest absolute Gasteiger partial charge is 0.294 e. The molecule has 9 aromatic rings. The Bertz CT molecular complexity index is 2750. The summed E-state index contributed by atoms with van der Waals surface area (Å²) in [6.07, 6.45) is 0. The molecule has 2 aliphatic rings. The van der Waals surface area contributed by atoms with Crippen LogP contribution in [0.4, 0.5) is 0 Å². The first-order valence-electron chi connectivity index (χ1n) is 17.6. The molecule has 0 N–H and O–H groups in total. The summed E-state index contributed by atoms with van der Waals surface area (Å²) in [5.74, 6) is 2.94. The molecule has 5 heteroatoms. The molecule has 0 fully saturated rings. The van der Waals surface area contributed by atoms with Gasteiger partial charge in [0.1, 0.15) is 11.2 Å². The van der Waals surface area contributed by atoms with Crippen molar-refractivity contribution in [2.24, 2.45) is 0 Å². The molecule has 242 valence electrons. The first kappa shape index (κ1) is 28.8. The van der Waals surface area contributed by atoms with Crippen LogP contribution in [0.15, 0.2) is 176 Å². The van der Waals surface area contributed by atoms with Crippen molar-refractivity contribution >= 4 is 11.0 Å². The van der Waals surface area contributed by atoms with Gasteiger partial charge in [-0.05, 0) is 51.6 Å². The van der Waals surface area contributed by atoms with E-state index >= 15 is 0 Å². The number of benzene rings is 7. The van der Waals surface area contributed by atoms with Crippen LogP contribution >= 0.6 is 0 Å². The molecule has 0 saturated carbocycles. The Balaban J connectivity index is 1.13. The molecule has 0 amide bonds. The van der Waals surface area contributed by atoms with Gasteiger partial charge in [0.25, 0.3) is 0 Å². The molecule has 11 rings (SSSR count). The van der Waals surface area contributed by atoms with Crippen LogP contribution in [0.3, 0.4) is 0 Å². The highest BCUT2D eigenvalue weighted by molar-refractivity contribution is 5.98. The van der Waals surface area contributed by atoms with E-state index in [1.807, 2.05) is 60.7 Å². The van der Waals surface area contributed by atoms with E-state index in [4.69, 9.17) is 19.9 Å². The second kappa shape index (κ2) is 11.0. The van der Waals surface area contributed by atoms with E-state index in [9.17, 15) is 0 Å². The van der Waals surface area contributed by atoms with Gasteiger partial charge < -0.3 is 0 Å². The number of para-hydroxylation sites is 2. The third kappa shape index (κ3) is 3.99. The summed E-state index contributed by atoms with van der Waals surface area (Å²) in [6, 6.07) is 61.7. The van der Waals surface area contributed by atoms with E-state index in [0.29, 0.717) is 17.5 Å². The van der Waals surface area contributed by atoms with Crippen molar-refractivity contribution in [2.45, 2.75) is 5.41 Å². The van der Waals surface area contributed by atoms with Crippen LogP contribution in [0.1, 0.15) is 22.5 Å². The van der Waals surface area contributed by atoms with E-state index in [1.54, 1.807) is 0 Å². The Kier molecular flexibility index (Phi) is 6.10. The Morgan fingerprint density at radius 2 is 0.846 bits per heavy atom. The molecule has 0 saturated heterocycles. The molecule has 0 radical (unpaired) electrons. The minimum absolute atomic E-state index is 0.519. The van der Waals surface area contributed by atoms with Gasteiger partial charge in [0.15, 0.2) is 17.5 Å². The Morgan fingerprint density at radius 3 is 1.50 bits per heavy atom. The van der Waals surface area contributed by atoms with Gasteiger partial charge in [-0.1, -0.05) is 158 Å². The second-order valence-electron chi connectivity index (χ2n) is 13.4. The summed E-state index contributed by atoms with van der Waals surface area (Å²) < 4.78 is 2.41. The first-order valence-corrected chi connectivity index (χ1v) is 17.6. The fourth-order valence-electron chi connectivity index (χ4n) is 8.48. The number of nitrogens with zero attached hydrogens (tertiary/aromatic N) is 5. The molecule has 52 heavy (non-hydrogen) atoms. The molecule has 0 unspecified atom stereocenters. The number of hydrogen-bond acceptors (Lipinski definition) is 4. The number of fused-ring (bicyclic) bond motifs is 12. The SMILES string of the molecule is c1ccc(-c2nc(-c3ccccc3)nc(-c3cccc(-c4cccc5nc6n(c45)-c4ccccc4C64c5ccccc5-c5ccccc54)c3)n2)cc1. The second-order valence-corrected chi connectivity index (χ2v) is 13.4. The lowest BCUT2D eigenvalue weighted by Gasteiger charge is -2.27. The average molecular weight is 664 g/mol. The van der Waals surface area contributed by atoms with Gasteiger partial charge >= 0.3 is 0 Å². The summed E-state index contributed by atoms with van der Waals surface area (Å²) in [4.78, 5) is 20.5. The summed E-state index contributed by atoms with van der Waals surface area (Å²) in [5.41, 5.74) is 14.0. The van der Waals surface area contributed by atoms with Gasteiger partial charge in [-0.2, -0.15) is 0 Å². The van der Waals surface area contributed by atoms with Gasteiger partial charge in [-0.15, -0.1) is 0 Å². The van der Waals surface area contributed by atoms with E-state index in [-0.39, 0.29) is 0 Å². The predicted molar refractivity (Wildman–Crippen MR) is 207 cm³/mol. The lowest BCUT2D eigenvalue weighted by Crippen LogP contribution is -2.27. The topological polar surface area (TPSA) is 56.5 Å². The zero-order chi connectivity index (χ0) is 34.2. The lowest BCUT2D eigenvalue weighted by molar-refractivity contribution is 0.738. The molecule has 1 aliphatic carbocycles. The normalized spacial score (nSPS) is 13.2. The molecule has 7 aromatic carbocycles. The smallest absolute Gasteiger partial charge is 0.164 e. The van der Waals surface area contributed by atoms with E-state index in [1.165, 1.54) is 27.8 Å². The van der Waals surface area contributed by atoms with E-state index in [0.717, 1.165) is 50.4 Å². The minimum atomic E-state index is -0.519. The molecule has 5 nitrogen and oxygen atoms in total. The monoisotopic (exact) mass is 663 g/mol. The maximum atomic E-state index is 5.53. The maximum absolute atomic E-state index is 5.53. The molecule has 1 spiro atoms. The fourth-order valence-corrected chi connectivity index (χ4v) is 8.48. The zero-order valence-electron chi connectivity index (χ0n) is 28.0. The van der Waals surface area contributed by atoms with Crippen molar-refractivity contribution in [3.8, 4) is 62.1 Å². The maximum Gasteiger partial charge on any atom is 0.164 e. The van der Waals surface area contributed by atoms with Crippen LogP contribution in [0.25, 0.3) is 73.1 Å². The molecular formula is C47H29N5. The summed E-state index contributed by atoms with van der Waals surface area (Å²) in [5, 5.41) is 0. The van der Waals surface area contributed by atoms with Gasteiger partial charge in [0.05, 0.1) is 16.7 Å². The van der Waals surface area contributed by atoms with Gasteiger partial charge in [0.2, 0.25) is 0 Å². The highest BCUT2D eigenvalue weighted by atomic mass is 15.1. The van der Waals surface area contributed by atoms with Crippen molar-refractivity contribution in [3.63, 3.8) is 0 Å². The molecule has 0 atom stereocenters. The number of aromatic nitrogens is 5. The third-order valence-corrected chi connectivity index (χ3v) is 10.6. The van der Waals surface area contributed by atoms with Gasteiger partial charge in [0, 0.05) is 22.3 Å². The summed E-state index contributed by atoms with van der Waals surface area (Å²) >= 11 is 0. The highest BCUT2D eigenvalue weighted by Crippen LogP contribution is 2.60. The van der Waals surface area contributed by atoms with Crippen LogP contribution in [-0.2, 0) is 5.41 Å². The molecule has 1 aliphatic heterocycles. The van der Waals surface area contributed by atoms with Gasteiger partial charge in [-0.25, -0.2) is 19.9 Å². The van der Waals surface area contributed by atoms with E-state index < -0.39 is 5.41 Å². The molecular weight excluding hydrogens is 635 g/mol. The summed E-state index contributed by atoms with van der Waals surface area (Å²) in [7, 11) is 0. The Morgan fingerprint density at radius 1 is 0.365 bits per heavy atom. The van der Waals surface area contributed by atoms with Crippen LogP contribution in [-0.4, -0.2) is 24.5 Å². The van der Waals surface area contributed by atoms with Crippen molar-refractivity contribution in [2.75, 3.05) is 0 Å². The van der Waals surface area contributed by atoms with Crippen molar-refractivity contribution in [3.05, 3.63) is 198 Å². The minimum Gasteiger partial charge on any atom is -0.294 e. The molecule has 2 aromatic heterocycles.